The number of para-hydroxylation sites is 9. The van der Waals surface area contributed by atoms with Crippen LogP contribution in [0.15, 0.2) is 346 Å². The molecule has 0 bridgehead atoms. The lowest BCUT2D eigenvalue weighted by Crippen LogP contribution is -2.10. The third-order valence-electron chi connectivity index (χ3n) is 20.5. The molecule has 0 saturated heterocycles. The molecule has 21 aromatic rings. The number of benzene rings is 15. The summed E-state index contributed by atoms with van der Waals surface area (Å²) in [7, 11) is 0. The molecule has 97 heavy (non-hydrogen) atoms. The van der Waals surface area contributed by atoms with Crippen LogP contribution in [0.3, 0.4) is 0 Å². The van der Waals surface area contributed by atoms with E-state index in [2.05, 4.69) is 378 Å². The van der Waals surface area contributed by atoms with Crippen LogP contribution in [0.5, 0.6) is 0 Å². The first-order valence-corrected chi connectivity index (χ1v) is 33.3. The number of nitrogens with zero attached hydrogens (tertiary/aromatic N) is 7. The van der Waals surface area contributed by atoms with E-state index in [0.717, 1.165) is 67.7 Å². The SMILES string of the molecule is c1ccc(-n2c3ccccc3c3ccc4c5ccccc5n(-c5ccc(N(c6ccc(-n7c8ccccc8c8ccc9c%10ccccc%10n(-c%10ccccc%10)c9c87)cc6)c6ccc(-n7c8ccccc8c8ccc9c%10ccccc%10n(-c%10ccccc%10)c9c87)cc6)cc5)c4c32)cc1. The van der Waals surface area contributed by atoms with Gasteiger partial charge in [-0.3, -0.25) is 0 Å². The standard InChI is InChI=1S/C90H57N7/c1-4-22-58(23-5-1)92-79-34-16-10-28-67(79)73-52-55-76-70-31-13-19-37-82(70)95(88(76)85(73)92)64-46-40-61(41-47-64)91(62-42-48-65(49-43-62)96-83-38-20-14-32-71(83)77-56-53-74-68-29-11-17-35-80(68)93(86(74)89(77)96)59-24-6-2-7-25-59)63-44-50-66(51-45-63)97-84-39-21-15-33-72(84)78-57-54-75-69-30-12-18-36-81(69)94(87(75)90(78)97)60-26-8-3-9-27-60/h1-57H. The molecule has 15 aromatic carbocycles. The highest BCUT2D eigenvalue weighted by atomic mass is 15.1. The number of anilines is 3. The zero-order chi connectivity index (χ0) is 63.4. The van der Waals surface area contributed by atoms with E-state index in [0.29, 0.717) is 0 Å². The maximum absolute atomic E-state index is 2.49. The van der Waals surface area contributed by atoms with Crippen LogP contribution in [0, 0.1) is 0 Å². The summed E-state index contributed by atoms with van der Waals surface area (Å²) in [5, 5.41) is 14.6. The van der Waals surface area contributed by atoms with Crippen LogP contribution >= 0.6 is 0 Å². The fourth-order valence-corrected chi connectivity index (χ4v) is 16.5. The van der Waals surface area contributed by atoms with Gasteiger partial charge in [-0.15, -0.1) is 0 Å². The van der Waals surface area contributed by atoms with E-state index in [-0.39, 0.29) is 0 Å². The Balaban J connectivity index is 0.775. The zero-order valence-electron chi connectivity index (χ0n) is 52.5. The van der Waals surface area contributed by atoms with E-state index in [4.69, 9.17) is 0 Å². The highest BCUT2D eigenvalue weighted by Crippen LogP contribution is 2.47. The number of rotatable bonds is 9. The molecule has 6 heterocycles. The van der Waals surface area contributed by atoms with Gasteiger partial charge in [-0.25, -0.2) is 0 Å². The van der Waals surface area contributed by atoms with Crippen molar-refractivity contribution in [3.63, 3.8) is 0 Å². The predicted octanol–water partition coefficient (Wildman–Crippen LogP) is 23.7. The Morgan fingerprint density at radius 1 is 0.134 bits per heavy atom. The average molecular weight is 1240 g/mol. The Labute approximate surface area is 556 Å². The van der Waals surface area contributed by atoms with Crippen LogP contribution in [0.4, 0.5) is 17.1 Å². The Kier molecular flexibility index (Phi) is 11.4. The second-order valence-corrected chi connectivity index (χ2v) is 25.6. The number of aromatic nitrogens is 6. The van der Waals surface area contributed by atoms with Gasteiger partial charge in [-0.05, 0) is 146 Å². The fraction of sp³-hybridized carbons (Fsp3) is 0. The lowest BCUT2D eigenvalue weighted by Gasteiger charge is -2.26. The van der Waals surface area contributed by atoms with Gasteiger partial charge < -0.3 is 32.3 Å². The van der Waals surface area contributed by atoms with E-state index in [1.807, 2.05) is 0 Å². The van der Waals surface area contributed by atoms with Crippen molar-refractivity contribution in [3.8, 4) is 34.1 Å². The third kappa shape index (κ3) is 7.67. The van der Waals surface area contributed by atoms with Gasteiger partial charge in [-0.2, -0.15) is 0 Å². The first-order chi connectivity index (χ1) is 48.2. The van der Waals surface area contributed by atoms with Gasteiger partial charge in [-0.1, -0.05) is 200 Å². The summed E-state index contributed by atoms with van der Waals surface area (Å²) in [4.78, 5) is 2.42. The summed E-state index contributed by atoms with van der Waals surface area (Å²) < 4.78 is 14.8. The fourth-order valence-electron chi connectivity index (χ4n) is 16.5. The minimum Gasteiger partial charge on any atom is -0.310 e. The summed E-state index contributed by atoms with van der Waals surface area (Å²) >= 11 is 0. The van der Waals surface area contributed by atoms with Gasteiger partial charge in [0.15, 0.2) is 0 Å². The maximum atomic E-state index is 2.49. The van der Waals surface area contributed by atoms with E-state index in [9.17, 15) is 0 Å². The van der Waals surface area contributed by atoms with E-state index in [1.54, 1.807) is 0 Å². The lowest BCUT2D eigenvalue weighted by atomic mass is 10.1. The van der Waals surface area contributed by atoms with Crippen molar-refractivity contribution >= 4 is 148 Å². The Morgan fingerprint density at radius 3 is 0.495 bits per heavy atom. The van der Waals surface area contributed by atoms with Crippen LogP contribution in [0.1, 0.15) is 0 Å². The smallest absolute Gasteiger partial charge is 0.0788 e. The van der Waals surface area contributed by atoms with Gasteiger partial charge in [0.1, 0.15) is 0 Å². The van der Waals surface area contributed by atoms with Crippen LogP contribution in [-0.4, -0.2) is 27.4 Å². The lowest BCUT2D eigenvalue weighted by molar-refractivity contribution is 1.14. The highest BCUT2D eigenvalue weighted by molar-refractivity contribution is 6.27. The van der Waals surface area contributed by atoms with Crippen molar-refractivity contribution < 1.29 is 0 Å². The quantitative estimate of drug-likeness (QED) is 0.142. The van der Waals surface area contributed by atoms with Gasteiger partial charge in [0.2, 0.25) is 0 Å². The maximum Gasteiger partial charge on any atom is 0.0788 e. The molecule has 7 heteroatoms. The first kappa shape index (κ1) is 53.4. The molecule has 0 saturated carbocycles. The van der Waals surface area contributed by atoms with Gasteiger partial charge in [0, 0.05) is 116 Å². The van der Waals surface area contributed by atoms with Crippen molar-refractivity contribution in [1.82, 2.24) is 27.4 Å². The summed E-state index contributed by atoms with van der Waals surface area (Å²) in [6, 6.07) is 127. The number of hydrogen-bond donors (Lipinski definition) is 0. The molecule has 0 fully saturated rings. The molecule has 452 valence electrons. The van der Waals surface area contributed by atoms with Crippen LogP contribution in [0.25, 0.3) is 165 Å². The molecule has 0 N–H and O–H groups in total. The van der Waals surface area contributed by atoms with Crippen LogP contribution in [0.2, 0.25) is 0 Å². The molecule has 0 aliphatic rings. The number of fused-ring (bicyclic) bond motifs is 21. The van der Waals surface area contributed by atoms with Gasteiger partial charge in [0.25, 0.3) is 0 Å². The molecule has 0 unspecified atom stereocenters. The van der Waals surface area contributed by atoms with Crippen molar-refractivity contribution in [3.05, 3.63) is 346 Å². The minimum atomic E-state index is 1.03. The molecule has 0 aliphatic carbocycles. The zero-order valence-corrected chi connectivity index (χ0v) is 52.5. The van der Waals surface area contributed by atoms with Crippen molar-refractivity contribution in [2.75, 3.05) is 4.90 Å². The molecule has 0 amide bonds. The van der Waals surface area contributed by atoms with Crippen LogP contribution < -0.4 is 4.90 Å². The molecule has 7 nitrogen and oxygen atoms in total. The summed E-state index contributed by atoms with van der Waals surface area (Å²) in [6.07, 6.45) is 0. The van der Waals surface area contributed by atoms with Crippen molar-refractivity contribution in [1.29, 1.82) is 0 Å². The Bertz CT molecular complexity index is 6110. The molecule has 0 aliphatic heterocycles. The second kappa shape index (κ2) is 20.7. The summed E-state index contributed by atoms with van der Waals surface area (Å²) in [5.74, 6) is 0. The topological polar surface area (TPSA) is 32.8 Å². The Morgan fingerprint density at radius 2 is 0.299 bits per heavy atom. The van der Waals surface area contributed by atoms with Gasteiger partial charge >= 0.3 is 0 Å². The molecule has 21 rings (SSSR count). The number of hydrogen-bond acceptors (Lipinski definition) is 1. The minimum absolute atomic E-state index is 1.03. The van der Waals surface area contributed by atoms with Gasteiger partial charge in [0.05, 0.1) is 66.2 Å². The Hall–Kier alpha value is -13.1. The first-order valence-electron chi connectivity index (χ1n) is 33.3. The summed E-state index contributed by atoms with van der Waals surface area (Å²) in [5.41, 5.74) is 23.8. The van der Waals surface area contributed by atoms with Crippen molar-refractivity contribution in [2.24, 2.45) is 0 Å². The van der Waals surface area contributed by atoms with E-state index in [1.165, 1.54) is 114 Å². The van der Waals surface area contributed by atoms with Crippen LogP contribution in [-0.2, 0) is 0 Å². The molecule has 0 atom stereocenters. The largest absolute Gasteiger partial charge is 0.310 e. The monoisotopic (exact) mass is 1240 g/mol. The molecule has 0 spiro atoms. The van der Waals surface area contributed by atoms with E-state index < -0.39 is 0 Å². The third-order valence-corrected chi connectivity index (χ3v) is 20.5. The molecule has 6 aromatic heterocycles. The molecular weight excluding hydrogens is 1180 g/mol. The summed E-state index contributed by atoms with van der Waals surface area (Å²) in [6.45, 7) is 0. The predicted molar refractivity (Wildman–Crippen MR) is 407 cm³/mol. The highest BCUT2D eigenvalue weighted by Gasteiger charge is 2.26. The molecular formula is C90H57N7. The normalized spacial score (nSPS) is 12.1. The second-order valence-electron chi connectivity index (χ2n) is 25.6. The van der Waals surface area contributed by atoms with E-state index >= 15 is 0 Å². The molecule has 0 radical (unpaired) electrons. The van der Waals surface area contributed by atoms with Crippen molar-refractivity contribution in [2.45, 2.75) is 0 Å². The average Bonchev–Trinajstić information content (AvgIpc) is 1.56.